The number of hydrogen-bond donors (Lipinski definition) is 3. The summed E-state index contributed by atoms with van der Waals surface area (Å²) < 4.78 is 0. The van der Waals surface area contributed by atoms with Gasteiger partial charge in [-0.3, -0.25) is 0 Å². The van der Waals surface area contributed by atoms with Crippen molar-refractivity contribution in [2.24, 2.45) is 0 Å². The molecule has 0 unspecified atom stereocenters. The molecular formula is C6H19O3SZr-. The number of aliphatic hydroxyl groups excluding tert-OH is 3. The second-order valence-electron chi connectivity index (χ2n) is 0.949. The third kappa shape index (κ3) is 745. The molecule has 0 spiro atoms. The van der Waals surface area contributed by atoms with Crippen LogP contribution in [0.5, 0.6) is 0 Å². The van der Waals surface area contributed by atoms with E-state index in [1.54, 1.807) is 20.8 Å². The Hall–Kier alpha value is 1.11. The zero-order valence-electron chi connectivity index (χ0n) is 7.41. The molecule has 0 bridgehead atoms. The fourth-order valence-corrected chi connectivity index (χ4v) is 0. The molecule has 0 rings (SSSR count). The molecule has 0 aromatic heterocycles. The molecule has 5 heteroatoms. The minimum atomic E-state index is 0. The smallest absolute Gasteiger partial charge is 0.0402 e. The average Bonchev–Trinajstić information content (AvgIpc) is 1.70. The van der Waals surface area contributed by atoms with Crippen LogP contribution in [0.4, 0.5) is 0 Å². The molecular weight excluding hydrogens is 243 g/mol. The van der Waals surface area contributed by atoms with Crippen LogP contribution in [0, 0.1) is 0 Å². The van der Waals surface area contributed by atoms with Crippen molar-refractivity contribution in [2.45, 2.75) is 20.8 Å². The number of rotatable bonds is 0. The van der Waals surface area contributed by atoms with Gasteiger partial charge in [-0.2, -0.15) is 0 Å². The van der Waals surface area contributed by atoms with Gasteiger partial charge in [-0.25, -0.2) is 0 Å². The average molecular weight is 263 g/mol. The van der Waals surface area contributed by atoms with Crippen molar-refractivity contribution >= 4 is 13.5 Å². The van der Waals surface area contributed by atoms with E-state index >= 15 is 0 Å². The third-order valence-electron chi connectivity index (χ3n) is 0. The predicted octanol–water partition coefficient (Wildman–Crippen LogP) is -0.277. The first-order valence-corrected chi connectivity index (χ1v) is 3.07. The molecule has 0 aromatic carbocycles. The Labute approximate surface area is 95.4 Å². The molecule has 0 aromatic rings. The summed E-state index contributed by atoms with van der Waals surface area (Å²) in [6.45, 7) is 5.79. The standard InChI is InChI=1S/3C2H6O.H2S.Zr/c3*1-2-3;;/h3*3H,2H2,1H3;1H2;/p-1. The zero-order chi connectivity index (χ0) is 8.12. The van der Waals surface area contributed by atoms with Crippen LogP contribution in [0.25, 0.3) is 0 Å². The van der Waals surface area contributed by atoms with Crippen LogP contribution >= 0.6 is 0 Å². The molecule has 0 saturated heterocycles. The maximum atomic E-state index is 7.57. The van der Waals surface area contributed by atoms with Crippen molar-refractivity contribution < 1.29 is 41.5 Å². The Kier molecular flexibility index (Phi) is 181. The maximum Gasteiger partial charge on any atom is 0.0402 e. The Bertz CT molecular complexity index is 22.5. The van der Waals surface area contributed by atoms with Gasteiger partial charge >= 0.3 is 0 Å². The summed E-state index contributed by atoms with van der Waals surface area (Å²) in [7, 11) is 0. The van der Waals surface area contributed by atoms with E-state index in [1.807, 2.05) is 0 Å². The van der Waals surface area contributed by atoms with Crippen molar-refractivity contribution in [2.75, 3.05) is 19.8 Å². The van der Waals surface area contributed by atoms with E-state index in [9.17, 15) is 0 Å². The van der Waals surface area contributed by atoms with Crippen molar-refractivity contribution in [3.63, 3.8) is 0 Å². The topological polar surface area (TPSA) is 60.7 Å². The summed E-state index contributed by atoms with van der Waals surface area (Å²) in [6.07, 6.45) is 0. The fraction of sp³-hybridized carbons (Fsp3) is 1.00. The molecule has 11 heavy (non-hydrogen) atoms. The summed E-state index contributed by atoms with van der Waals surface area (Å²) >= 11 is 0. The van der Waals surface area contributed by atoms with Crippen LogP contribution in [0.1, 0.15) is 20.8 Å². The van der Waals surface area contributed by atoms with Gasteiger partial charge in [0.2, 0.25) is 0 Å². The fourth-order valence-electron chi connectivity index (χ4n) is 0. The van der Waals surface area contributed by atoms with E-state index < -0.39 is 0 Å². The largest absolute Gasteiger partial charge is 0.813 e. The normalized spacial score (nSPS) is 4.91. The van der Waals surface area contributed by atoms with E-state index in [0.717, 1.165) is 0 Å². The van der Waals surface area contributed by atoms with Gasteiger partial charge in [-0.05, 0) is 20.8 Å². The number of aliphatic hydroxyl groups is 3. The van der Waals surface area contributed by atoms with Gasteiger partial charge in [-0.1, -0.05) is 0 Å². The summed E-state index contributed by atoms with van der Waals surface area (Å²) in [5.74, 6) is 0. The molecule has 0 atom stereocenters. The van der Waals surface area contributed by atoms with Crippen LogP contribution in [0.15, 0.2) is 0 Å². The van der Waals surface area contributed by atoms with E-state index in [1.165, 1.54) is 0 Å². The molecule has 0 aliphatic heterocycles. The molecule has 0 aliphatic carbocycles. The van der Waals surface area contributed by atoms with E-state index in [2.05, 4.69) is 0 Å². The first-order chi connectivity index (χ1) is 4.24. The first kappa shape index (κ1) is 29.6. The molecule has 0 heterocycles. The molecule has 3 N–H and O–H groups in total. The van der Waals surface area contributed by atoms with Gasteiger partial charge in [0.05, 0.1) is 0 Å². The van der Waals surface area contributed by atoms with Crippen LogP contribution < -0.4 is 0 Å². The summed E-state index contributed by atoms with van der Waals surface area (Å²) in [5.41, 5.74) is 0. The van der Waals surface area contributed by atoms with Crippen LogP contribution in [0.3, 0.4) is 0 Å². The minimum Gasteiger partial charge on any atom is -0.813 e. The van der Waals surface area contributed by atoms with Crippen LogP contribution in [0.2, 0.25) is 0 Å². The van der Waals surface area contributed by atoms with E-state index in [4.69, 9.17) is 15.3 Å². The summed E-state index contributed by atoms with van der Waals surface area (Å²) in [4.78, 5) is 0. The second-order valence-corrected chi connectivity index (χ2v) is 0.949. The maximum absolute atomic E-state index is 7.57. The van der Waals surface area contributed by atoms with Gasteiger partial charge < -0.3 is 28.8 Å². The van der Waals surface area contributed by atoms with Gasteiger partial charge in [0.15, 0.2) is 0 Å². The summed E-state index contributed by atoms with van der Waals surface area (Å²) in [6, 6.07) is 0. The molecule has 0 fully saturated rings. The Morgan fingerprint density at radius 3 is 0.727 bits per heavy atom. The predicted molar refractivity (Wildman–Crippen MR) is 47.0 cm³/mol. The minimum absolute atomic E-state index is 0. The molecule has 3 nitrogen and oxygen atoms in total. The van der Waals surface area contributed by atoms with Gasteiger partial charge in [0.25, 0.3) is 0 Å². The SMILES string of the molecule is CCO.CCO.CCO.[SH-].[Zr]. The van der Waals surface area contributed by atoms with Crippen molar-refractivity contribution in [3.8, 4) is 0 Å². The van der Waals surface area contributed by atoms with Crippen LogP contribution in [-0.2, 0) is 39.7 Å². The molecule has 0 radical (unpaired) electrons. The van der Waals surface area contributed by atoms with E-state index in [0.29, 0.717) is 0 Å². The van der Waals surface area contributed by atoms with Crippen LogP contribution in [-0.4, -0.2) is 35.1 Å². The number of hydrogen-bond acceptors (Lipinski definition) is 4. The second kappa shape index (κ2) is 67.2. The van der Waals surface area contributed by atoms with Crippen molar-refractivity contribution in [1.29, 1.82) is 0 Å². The molecule has 0 aliphatic rings. The molecule has 0 saturated carbocycles. The first-order valence-electron chi connectivity index (χ1n) is 3.07. The number of thiol groups is 1. The van der Waals surface area contributed by atoms with Gasteiger partial charge in [0.1, 0.15) is 0 Å². The Morgan fingerprint density at radius 1 is 0.727 bits per heavy atom. The quantitative estimate of drug-likeness (QED) is 0.415. The molecule has 0 amide bonds. The van der Waals surface area contributed by atoms with Crippen molar-refractivity contribution in [1.82, 2.24) is 0 Å². The monoisotopic (exact) mass is 261 g/mol. The molecule has 72 valence electrons. The third-order valence-corrected chi connectivity index (χ3v) is 0. The van der Waals surface area contributed by atoms with E-state index in [-0.39, 0.29) is 59.5 Å². The Morgan fingerprint density at radius 2 is 0.727 bits per heavy atom. The Balaban J connectivity index is -0.0000000150. The van der Waals surface area contributed by atoms with Gasteiger partial charge in [0, 0.05) is 46.0 Å². The summed E-state index contributed by atoms with van der Waals surface area (Å²) in [5, 5.41) is 22.7. The zero-order valence-corrected chi connectivity index (χ0v) is 10.8. The van der Waals surface area contributed by atoms with Crippen molar-refractivity contribution in [3.05, 3.63) is 0 Å². The van der Waals surface area contributed by atoms with Gasteiger partial charge in [-0.15, -0.1) is 0 Å².